The van der Waals surface area contributed by atoms with E-state index in [0.717, 1.165) is 0 Å². The Bertz CT molecular complexity index is 1290. The average Bonchev–Trinajstić information content (AvgIpc) is 3.14. The number of hydrogen-bond donors (Lipinski definition) is 1. The highest BCUT2D eigenvalue weighted by Gasteiger charge is 2.47. The van der Waals surface area contributed by atoms with Gasteiger partial charge in [0.05, 0.1) is 43.5 Å². The molecule has 9 heteroatoms. The number of ketones is 1. The standard InChI is InChI=1S/C25H21ClN2O6/c1-32-16-8-4-7-15(10-16)28-22(14-6-5-9-27-13-14)21(24(30)25(28)31)23(29)17-11-20(34-3)18(26)12-19(17)33-2/h4-13,22,29H,1-3H3/b23-21+. The number of carbonyl (C=O) groups is 2. The summed E-state index contributed by atoms with van der Waals surface area (Å²) in [6, 6.07) is 12.1. The molecule has 0 saturated carbocycles. The van der Waals surface area contributed by atoms with E-state index in [9.17, 15) is 14.7 Å². The third kappa shape index (κ3) is 3.92. The van der Waals surface area contributed by atoms with Crippen LogP contribution in [-0.2, 0) is 9.59 Å². The van der Waals surface area contributed by atoms with Crippen LogP contribution in [0.2, 0.25) is 5.02 Å². The predicted octanol–water partition coefficient (Wildman–Crippen LogP) is 4.39. The maximum atomic E-state index is 13.3. The average molecular weight is 481 g/mol. The third-order valence-corrected chi connectivity index (χ3v) is 5.80. The van der Waals surface area contributed by atoms with Gasteiger partial charge in [0.2, 0.25) is 0 Å². The third-order valence-electron chi connectivity index (χ3n) is 5.51. The number of benzene rings is 2. The zero-order chi connectivity index (χ0) is 24.4. The highest BCUT2D eigenvalue weighted by atomic mass is 35.5. The molecule has 1 aliphatic heterocycles. The highest BCUT2D eigenvalue weighted by Crippen LogP contribution is 2.45. The molecule has 1 fully saturated rings. The summed E-state index contributed by atoms with van der Waals surface area (Å²) in [5.41, 5.74) is 0.991. The van der Waals surface area contributed by atoms with Gasteiger partial charge in [0.15, 0.2) is 0 Å². The first-order valence-corrected chi connectivity index (χ1v) is 10.6. The number of aromatic nitrogens is 1. The molecule has 1 aliphatic rings. The van der Waals surface area contributed by atoms with E-state index in [2.05, 4.69) is 4.98 Å². The molecular formula is C25H21ClN2O6. The van der Waals surface area contributed by atoms with E-state index in [1.807, 2.05) is 0 Å². The number of ether oxygens (including phenoxy) is 3. The van der Waals surface area contributed by atoms with Crippen LogP contribution in [0.1, 0.15) is 17.2 Å². The van der Waals surface area contributed by atoms with Gasteiger partial charge in [-0.15, -0.1) is 0 Å². The lowest BCUT2D eigenvalue weighted by Gasteiger charge is -2.25. The Morgan fingerprint density at radius 3 is 2.41 bits per heavy atom. The molecule has 1 saturated heterocycles. The van der Waals surface area contributed by atoms with Crippen LogP contribution in [0.25, 0.3) is 5.76 Å². The lowest BCUT2D eigenvalue weighted by atomic mass is 9.95. The van der Waals surface area contributed by atoms with Gasteiger partial charge in [-0.25, -0.2) is 0 Å². The molecular weight excluding hydrogens is 460 g/mol. The Labute approximate surface area is 201 Å². The number of anilines is 1. The fourth-order valence-corrected chi connectivity index (χ4v) is 4.13. The van der Waals surface area contributed by atoms with Crippen LogP contribution >= 0.6 is 11.6 Å². The molecule has 1 unspecified atom stereocenters. The number of carbonyl (C=O) groups excluding carboxylic acids is 2. The normalized spacial score (nSPS) is 17.1. The summed E-state index contributed by atoms with van der Waals surface area (Å²) in [7, 11) is 4.34. The van der Waals surface area contributed by atoms with E-state index >= 15 is 0 Å². The van der Waals surface area contributed by atoms with Crippen molar-refractivity contribution >= 4 is 34.7 Å². The van der Waals surface area contributed by atoms with E-state index in [1.54, 1.807) is 42.6 Å². The van der Waals surface area contributed by atoms with E-state index in [4.69, 9.17) is 25.8 Å². The molecule has 174 valence electrons. The summed E-state index contributed by atoms with van der Waals surface area (Å²) in [5, 5.41) is 11.6. The zero-order valence-electron chi connectivity index (χ0n) is 18.6. The first-order chi connectivity index (χ1) is 16.4. The van der Waals surface area contributed by atoms with Gasteiger partial charge < -0.3 is 19.3 Å². The fourth-order valence-electron chi connectivity index (χ4n) is 3.90. The Hall–Kier alpha value is -4.04. The number of rotatable bonds is 6. The molecule has 1 N–H and O–H groups in total. The van der Waals surface area contributed by atoms with Crippen molar-refractivity contribution in [2.45, 2.75) is 6.04 Å². The van der Waals surface area contributed by atoms with Crippen molar-refractivity contribution in [1.29, 1.82) is 0 Å². The van der Waals surface area contributed by atoms with Crippen LogP contribution in [-0.4, -0.2) is 43.1 Å². The minimum absolute atomic E-state index is 0.122. The van der Waals surface area contributed by atoms with Gasteiger partial charge in [0.1, 0.15) is 23.0 Å². The molecule has 0 aliphatic carbocycles. The molecule has 0 spiro atoms. The minimum Gasteiger partial charge on any atom is -0.507 e. The number of hydrogen-bond acceptors (Lipinski definition) is 7. The van der Waals surface area contributed by atoms with Crippen LogP contribution in [0.4, 0.5) is 5.69 Å². The van der Waals surface area contributed by atoms with Crippen LogP contribution in [0.5, 0.6) is 17.2 Å². The summed E-state index contributed by atoms with van der Waals surface area (Å²) in [5.74, 6) is -1.10. The van der Waals surface area contributed by atoms with Crippen LogP contribution in [0, 0.1) is 0 Å². The van der Waals surface area contributed by atoms with E-state index in [-0.39, 0.29) is 27.7 Å². The molecule has 34 heavy (non-hydrogen) atoms. The van der Waals surface area contributed by atoms with Crippen molar-refractivity contribution in [3.63, 3.8) is 0 Å². The van der Waals surface area contributed by atoms with Gasteiger partial charge in [0.25, 0.3) is 11.7 Å². The van der Waals surface area contributed by atoms with Crippen molar-refractivity contribution in [3.05, 3.63) is 82.6 Å². The lowest BCUT2D eigenvalue weighted by molar-refractivity contribution is -0.132. The van der Waals surface area contributed by atoms with Gasteiger partial charge in [-0.1, -0.05) is 23.7 Å². The second-order valence-electron chi connectivity index (χ2n) is 7.34. The number of pyridine rings is 1. The maximum absolute atomic E-state index is 13.3. The topological polar surface area (TPSA) is 98.2 Å². The molecule has 2 aromatic carbocycles. The smallest absolute Gasteiger partial charge is 0.300 e. The first-order valence-electron chi connectivity index (χ1n) is 10.2. The SMILES string of the molecule is COc1cccc(N2C(=O)C(=O)/C(=C(/O)c3cc(OC)c(Cl)cc3OC)C2c2cccnc2)c1. The van der Waals surface area contributed by atoms with Crippen molar-refractivity contribution in [3.8, 4) is 17.2 Å². The summed E-state index contributed by atoms with van der Waals surface area (Å²) in [4.78, 5) is 32.0. The number of methoxy groups -OCH3 is 3. The van der Waals surface area contributed by atoms with Gasteiger partial charge in [-0.2, -0.15) is 0 Å². The highest BCUT2D eigenvalue weighted by molar-refractivity contribution is 6.51. The molecule has 2 heterocycles. The summed E-state index contributed by atoms with van der Waals surface area (Å²) >= 11 is 6.20. The molecule has 0 radical (unpaired) electrons. The molecule has 8 nitrogen and oxygen atoms in total. The molecule has 3 aromatic rings. The second kappa shape index (κ2) is 9.44. The summed E-state index contributed by atoms with van der Waals surface area (Å²) in [6.45, 7) is 0. The van der Waals surface area contributed by atoms with Crippen LogP contribution in [0.3, 0.4) is 0 Å². The molecule has 1 aromatic heterocycles. The van der Waals surface area contributed by atoms with Gasteiger partial charge >= 0.3 is 0 Å². The number of amides is 1. The van der Waals surface area contributed by atoms with E-state index < -0.39 is 23.5 Å². The molecule has 4 rings (SSSR count). The Morgan fingerprint density at radius 2 is 1.76 bits per heavy atom. The number of aliphatic hydroxyl groups excluding tert-OH is 1. The first kappa shape index (κ1) is 23.1. The number of Topliss-reactive ketones (excluding diaryl/α,β-unsaturated/α-hetero) is 1. The van der Waals surface area contributed by atoms with Crippen molar-refractivity contribution in [1.82, 2.24) is 4.98 Å². The summed E-state index contributed by atoms with van der Waals surface area (Å²) in [6.07, 6.45) is 3.12. The quantitative estimate of drug-likeness (QED) is 0.317. The van der Waals surface area contributed by atoms with E-state index in [0.29, 0.717) is 17.0 Å². The van der Waals surface area contributed by atoms with Crippen molar-refractivity contribution < 1.29 is 28.9 Å². The van der Waals surface area contributed by atoms with Gasteiger partial charge in [-0.05, 0) is 29.8 Å². The second-order valence-corrected chi connectivity index (χ2v) is 7.75. The minimum atomic E-state index is -0.952. The lowest BCUT2D eigenvalue weighted by Crippen LogP contribution is -2.29. The number of halogens is 1. The largest absolute Gasteiger partial charge is 0.507 e. The van der Waals surface area contributed by atoms with Crippen LogP contribution in [0.15, 0.2) is 66.5 Å². The number of aliphatic hydroxyl groups is 1. The van der Waals surface area contributed by atoms with Gasteiger partial charge in [-0.3, -0.25) is 19.5 Å². The Morgan fingerprint density at radius 1 is 1.00 bits per heavy atom. The molecule has 1 amide bonds. The zero-order valence-corrected chi connectivity index (χ0v) is 19.4. The van der Waals surface area contributed by atoms with Crippen LogP contribution < -0.4 is 19.1 Å². The Kier molecular flexibility index (Phi) is 6.43. The fraction of sp³-hybridized carbons (Fsp3) is 0.160. The van der Waals surface area contributed by atoms with Gasteiger partial charge in [0, 0.05) is 30.2 Å². The predicted molar refractivity (Wildman–Crippen MR) is 127 cm³/mol. The summed E-state index contributed by atoms with van der Waals surface area (Å²) < 4.78 is 15.9. The molecule has 1 atom stereocenters. The van der Waals surface area contributed by atoms with Crippen molar-refractivity contribution in [2.75, 3.05) is 26.2 Å². The number of nitrogens with zero attached hydrogens (tertiary/aromatic N) is 2. The maximum Gasteiger partial charge on any atom is 0.300 e. The molecule has 0 bridgehead atoms. The van der Waals surface area contributed by atoms with Crippen molar-refractivity contribution in [2.24, 2.45) is 0 Å². The Balaban J connectivity index is 1.98. The van der Waals surface area contributed by atoms with E-state index in [1.165, 1.54) is 44.6 Å². The monoisotopic (exact) mass is 480 g/mol.